The maximum Gasteiger partial charge on any atom is 0.290 e. The van der Waals surface area contributed by atoms with E-state index in [9.17, 15) is 14.4 Å². The second-order valence-electron chi connectivity index (χ2n) is 6.44. The van der Waals surface area contributed by atoms with Crippen LogP contribution < -0.4 is 16.4 Å². The number of amides is 2. The van der Waals surface area contributed by atoms with E-state index in [0.717, 1.165) is 5.56 Å². The first-order valence-electron chi connectivity index (χ1n) is 8.61. The van der Waals surface area contributed by atoms with Crippen molar-refractivity contribution in [3.63, 3.8) is 0 Å². The van der Waals surface area contributed by atoms with Crippen LogP contribution in [0.4, 0.5) is 0 Å². The van der Waals surface area contributed by atoms with E-state index >= 15 is 0 Å². The summed E-state index contributed by atoms with van der Waals surface area (Å²) >= 11 is 0. The molecule has 0 saturated heterocycles. The Balaban J connectivity index is 2.01. The molecule has 7 nitrogen and oxygen atoms in total. The highest BCUT2D eigenvalue weighted by molar-refractivity contribution is 6.05. The molecule has 138 valence electrons. The van der Waals surface area contributed by atoms with Gasteiger partial charge in [0.15, 0.2) is 5.69 Å². The molecule has 0 saturated carbocycles. The van der Waals surface area contributed by atoms with Gasteiger partial charge in [-0.15, -0.1) is 0 Å². The number of aromatic nitrogens is 2. The molecule has 0 aliphatic heterocycles. The molecular formula is C20H20N4O3. The fourth-order valence-corrected chi connectivity index (χ4v) is 2.59. The fraction of sp³-hybridized carbons (Fsp3) is 0.200. The topological polar surface area (TPSA) is 93.1 Å². The Hall–Kier alpha value is -3.48. The predicted molar refractivity (Wildman–Crippen MR) is 102 cm³/mol. The largest absolute Gasteiger partial charge is 0.290 e. The normalized spacial score (nSPS) is 10.8. The third kappa shape index (κ3) is 4.03. The van der Waals surface area contributed by atoms with E-state index in [1.807, 2.05) is 30.3 Å². The molecule has 3 rings (SSSR count). The van der Waals surface area contributed by atoms with Gasteiger partial charge in [-0.05, 0) is 11.6 Å². The smallest absolute Gasteiger partial charge is 0.273 e. The van der Waals surface area contributed by atoms with E-state index in [-0.39, 0.29) is 29.6 Å². The number of hydrazine groups is 1. The van der Waals surface area contributed by atoms with Gasteiger partial charge in [0.2, 0.25) is 5.91 Å². The zero-order chi connectivity index (χ0) is 19.4. The zero-order valence-electron chi connectivity index (χ0n) is 15.1. The van der Waals surface area contributed by atoms with Crippen LogP contribution in [-0.2, 0) is 11.3 Å². The molecule has 2 N–H and O–H groups in total. The van der Waals surface area contributed by atoms with Crippen molar-refractivity contribution in [1.82, 2.24) is 20.6 Å². The summed E-state index contributed by atoms with van der Waals surface area (Å²) in [5.74, 6) is -1.17. The van der Waals surface area contributed by atoms with Gasteiger partial charge in [-0.1, -0.05) is 62.4 Å². The third-order valence-electron chi connectivity index (χ3n) is 4.08. The average molecular weight is 364 g/mol. The Morgan fingerprint density at radius 3 is 2.26 bits per heavy atom. The molecule has 2 amide bonds. The van der Waals surface area contributed by atoms with Gasteiger partial charge in [0.05, 0.1) is 11.9 Å². The highest BCUT2D eigenvalue weighted by atomic mass is 16.2. The molecule has 0 atom stereocenters. The van der Waals surface area contributed by atoms with E-state index in [2.05, 4.69) is 16.0 Å². The van der Waals surface area contributed by atoms with E-state index < -0.39 is 5.91 Å². The standard InChI is InChI=1S/C20H20N4O3/c1-13(2)18(25)21-22-19(26)17-15-10-6-7-11-16(15)20(27)24(23-17)12-14-8-4-3-5-9-14/h3-11,13H,12H2,1-2H3,(H,21,25)(H,22,26). The highest BCUT2D eigenvalue weighted by Crippen LogP contribution is 2.13. The quantitative estimate of drug-likeness (QED) is 0.691. The van der Waals surface area contributed by atoms with Gasteiger partial charge in [-0.3, -0.25) is 25.2 Å². The second-order valence-corrected chi connectivity index (χ2v) is 6.44. The van der Waals surface area contributed by atoms with Crippen molar-refractivity contribution >= 4 is 22.6 Å². The molecule has 0 aliphatic rings. The number of nitrogens with one attached hydrogen (secondary N) is 2. The minimum atomic E-state index is -0.581. The molecule has 0 spiro atoms. The van der Waals surface area contributed by atoms with Crippen molar-refractivity contribution in [2.75, 3.05) is 0 Å². The lowest BCUT2D eigenvalue weighted by atomic mass is 10.1. The lowest BCUT2D eigenvalue weighted by Crippen LogP contribution is -2.44. The fourth-order valence-electron chi connectivity index (χ4n) is 2.59. The Morgan fingerprint density at radius 1 is 0.963 bits per heavy atom. The first-order chi connectivity index (χ1) is 13.0. The molecule has 1 heterocycles. The number of hydrogen-bond acceptors (Lipinski definition) is 4. The second kappa shape index (κ2) is 7.82. The molecule has 3 aromatic rings. The number of fused-ring (bicyclic) bond motifs is 1. The summed E-state index contributed by atoms with van der Waals surface area (Å²) in [5.41, 5.74) is 5.41. The van der Waals surface area contributed by atoms with Gasteiger partial charge in [-0.25, -0.2) is 4.68 Å². The van der Waals surface area contributed by atoms with Crippen molar-refractivity contribution in [2.45, 2.75) is 20.4 Å². The van der Waals surface area contributed by atoms with Crippen molar-refractivity contribution in [1.29, 1.82) is 0 Å². The molecule has 0 unspecified atom stereocenters. The lowest BCUT2D eigenvalue weighted by molar-refractivity contribution is -0.124. The Bertz CT molecular complexity index is 1040. The van der Waals surface area contributed by atoms with Gasteiger partial charge < -0.3 is 0 Å². The van der Waals surface area contributed by atoms with Crippen molar-refractivity contribution < 1.29 is 9.59 Å². The molecule has 0 aliphatic carbocycles. The summed E-state index contributed by atoms with van der Waals surface area (Å²) in [6.07, 6.45) is 0. The first kappa shape index (κ1) is 18.3. The maximum absolute atomic E-state index is 12.8. The summed E-state index contributed by atoms with van der Waals surface area (Å²) in [4.78, 5) is 37.1. The minimum Gasteiger partial charge on any atom is -0.273 e. The van der Waals surface area contributed by atoms with E-state index in [4.69, 9.17) is 0 Å². The number of nitrogens with zero attached hydrogens (tertiary/aromatic N) is 2. The van der Waals surface area contributed by atoms with Crippen LogP contribution in [0.5, 0.6) is 0 Å². The van der Waals surface area contributed by atoms with Crippen LogP contribution >= 0.6 is 0 Å². The number of carbonyl (C=O) groups excluding carboxylic acids is 2. The molecule has 1 aromatic heterocycles. The Morgan fingerprint density at radius 2 is 1.59 bits per heavy atom. The van der Waals surface area contributed by atoms with Gasteiger partial charge in [-0.2, -0.15) is 5.10 Å². The van der Waals surface area contributed by atoms with Crippen molar-refractivity contribution in [3.05, 3.63) is 76.2 Å². The van der Waals surface area contributed by atoms with Crippen LogP contribution in [0.25, 0.3) is 10.8 Å². The molecular weight excluding hydrogens is 344 g/mol. The monoisotopic (exact) mass is 364 g/mol. The van der Waals surface area contributed by atoms with E-state index in [0.29, 0.717) is 10.8 Å². The molecule has 7 heteroatoms. The summed E-state index contributed by atoms with van der Waals surface area (Å²) in [7, 11) is 0. The maximum atomic E-state index is 12.8. The van der Waals surface area contributed by atoms with Gasteiger partial charge in [0.1, 0.15) is 0 Å². The molecule has 2 aromatic carbocycles. The van der Waals surface area contributed by atoms with Crippen LogP contribution in [0.3, 0.4) is 0 Å². The van der Waals surface area contributed by atoms with Crippen molar-refractivity contribution in [2.24, 2.45) is 5.92 Å². The van der Waals surface area contributed by atoms with Crippen LogP contribution in [0.2, 0.25) is 0 Å². The van der Waals surface area contributed by atoms with E-state index in [1.165, 1.54) is 4.68 Å². The Kier molecular flexibility index (Phi) is 5.30. The summed E-state index contributed by atoms with van der Waals surface area (Å²) in [6.45, 7) is 3.67. The average Bonchev–Trinajstić information content (AvgIpc) is 2.68. The molecule has 27 heavy (non-hydrogen) atoms. The first-order valence-corrected chi connectivity index (χ1v) is 8.61. The molecule has 0 bridgehead atoms. The van der Waals surface area contributed by atoms with E-state index in [1.54, 1.807) is 38.1 Å². The number of hydrogen-bond donors (Lipinski definition) is 2. The van der Waals surface area contributed by atoms with Crippen LogP contribution in [0.15, 0.2) is 59.4 Å². The van der Waals surface area contributed by atoms with Crippen LogP contribution in [0, 0.1) is 5.92 Å². The lowest BCUT2D eigenvalue weighted by Gasteiger charge is -2.12. The summed E-state index contributed by atoms with van der Waals surface area (Å²) in [5, 5.41) is 5.09. The summed E-state index contributed by atoms with van der Waals surface area (Å²) < 4.78 is 1.26. The number of benzene rings is 2. The minimum absolute atomic E-state index is 0.0742. The number of carbonyl (C=O) groups is 2. The SMILES string of the molecule is CC(C)C(=O)NNC(=O)c1nn(Cc2ccccc2)c(=O)c2ccccc12. The van der Waals surface area contributed by atoms with Crippen molar-refractivity contribution in [3.8, 4) is 0 Å². The molecule has 0 radical (unpaired) electrons. The zero-order valence-corrected chi connectivity index (χ0v) is 15.1. The van der Waals surface area contributed by atoms with Crippen LogP contribution in [-0.4, -0.2) is 21.6 Å². The Labute approximate surface area is 156 Å². The van der Waals surface area contributed by atoms with Gasteiger partial charge >= 0.3 is 0 Å². The van der Waals surface area contributed by atoms with Crippen LogP contribution in [0.1, 0.15) is 29.9 Å². The van der Waals surface area contributed by atoms with Gasteiger partial charge in [0, 0.05) is 11.3 Å². The highest BCUT2D eigenvalue weighted by Gasteiger charge is 2.18. The van der Waals surface area contributed by atoms with Gasteiger partial charge in [0.25, 0.3) is 11.5 Å². The third-order valence-corrected chi connectivity index (χ3v) is 4.08. The summed E-state index contributed by atoms with van der Waals surface area (Å²) in [6, 6.07) is 16.2. The molecule has 0 fully saturated rings. The number of rotatable bonds is 4. The predicted octanol–water partition coefficient (Wildman–Crippen LogP) is 1.86.